The predicted octanol–water partition coefficient (Wildman–Crippen LogP) is -0.794. The Morgan fingerprint density at radius 2 is 1.81 bits per heavy atom. The summed E-state index contributed by atoms with van der Waals surface area (Å²) in [7, 11) is 0. The van der Waals surface area contributed by atoms with Crippen molar-refractivity contribution in [3.05, 3.63) is 0 Å². The van der Waals surface area contributed by atoms with E-state index in [2.05, 4.69) is 0 Å². The lowest BCUT2D eigenvalue weighted by atomic mass is 10.2. The van der Waals surface area contributed by atoms with Crippen LogP contribution in [-0.4, -0.2) is 36.7 Å². The van der Waals surface area contributed by atoms with Crippen LogP contribution >= 0.6 is 0 Å². The minimum atomic E-state index is -4.33. The second kappa shape index (κ2) is 5.64. The fourth-order valence-electron chi connectivity index (χ4n) is 0.723. The number of primary amides is 1. The monoisotopic (exact) mass is 245 g/mol. The van der Waals surface area contributed by atoms with E-state index in [1.807, 2.05) is 0 Å². The van der Waals surface area contributed by atoms with E-state index >= 15 is 0 Å². The van der Waals surface area contributed by atoms with Gasteiger partial charge in [-0.15, -0.1) is 0 Å². The van der Waals surface area contributed by atoms with E-state index in [1.165, 1.54) is 5.32 Å². The number of halogens is 4. The van der Waals surface area contributed by atoms with E-state index in [0.29, 0.717) is 0 Å². The van der Waals surface area contributed by atoms with E-state index in [0.717, 1.165) is 0 Å². The summed E-state index contributed by atoms with van der Waals surface area (Å²) in [5.41, 5.74) is 9.77. The van der Waals surface area contributed by atoms with Crippen LogP contribution in [0.25, 0.3) is 0 Å². The molecule has 0 aromatic heterocycles. The first-order valence-corrected chi connectivity index (χ1v) is 4.14. The van der Waals surface area contributed by atoms with E-state index in [4.69, 9.17) is 11.5 Å². The SMILES string of the molecule is NC(=O)CC(N)C(=O)NCC(F)(F)C(F)F. The van der Waals surface area contributed by atoms with Crippen molar-refractivity contribution in [3.8, 4) is 0 Å². The van der Waals surface area contributed by atoms with Gasteiger partial charge in [0, 0.05) is 0 Å². The highest BCUT2D eigenvalue weighted by Crippen LogP contribution is 2.21. The average molecular weight is 245 g/mol. The topological polar surface area (TPSA) is 98.2 Å². The van der Waals surface area contributed by atoms with Gasteiger partial charge >= 0.3 is 12.3 Å². The maximum Gasteiger partial charge on any atom is 0.324 e. The lowest BCUT2D eigenvalue weighted by molar-refractivity contribution is -0.138. The highest BCUT2D eigenvalue weighted by atomic mass is 19.3. The van der Waals surface area contributed by atoms with Crippen molar-refractivity contribution in [2.75, 3.05) is 6.54 Å². The molecule has 0 radical (unpaired) electrons. The van der Waals surface area contributed by atoms with Crippen molar-refractivity contribution in [3.63, 3.8) is 0 Å². The summed E-state index contributed by atoms with van der Waals surface area (Å²) in [5, 5.41) is 1.51. The Bertz CT molecular complexity index is 272. The summed E-state index contributed by atoms with van der Waals surface area (Å²) in [5.74, 6) is -6.37. The summed E-state index contributed by atoms with van der Waals surface area (Å²) in [6, 6.07) is -1.43. The Kier molecular flexibility index (Phi) is 5.15. The van der Waals surface area contributed by atoms with Gasteiger partial charge in [-0.05, 0) is 0 Å². The summed E-state index contributed by atoms with van der Waals surface area (Å²) in [4.78, 5) is 21.2. The number of carbonyl (C=O) groups excluding carboxylic acids is 2. The van der Waals surface area contributed by atoms with Crippen LogP contribution in [0, 0.1) is 0 Å². The van der Waals surface area contributed by atoms with Crippen LogP contribution in [0.1, 0.15) is 6.42 Å². The summed E-state index contributed by atoms with van der Waals surface area (Å²) in [6.07, 6.45) is -4.44. The molecule has 94 valence electrons. The molecule has 0 aliphatic rings. The zero-order valence-electron chi connectivity index (χ0n) is 8.05. The number of rotatable bonds is 6. The Morgan fingerprint density at radius 1 is 1.31 bits per heavy atom. The Morgan fingerprint density at radius 3 is 2.19 bits per heavy atom. The van der Waals surface area contributed by atoms with Gasteiger partial charge in [0.2, 0.25) is 11.8 Å². The van der Waals surface area contributed by atoms with Crippen molar-refractivity contribution in [1.29, 1.82) is 0 Å². The number of nitrogens with one attached hydrogen (secondary N) is 1. The molecule has 0 rings (SSSR count). The third-order valence-electron chi connectivity index (χ3n) is 1.58. The quantitative estimate of drug-likeness (QED) is 0.534. The van der Waals surface area contributed by atoms with Gasteiger partial charge in [-0.1, -0.05) is 0 Å². The molecule has 0 aromatic rings. The molecule has 0 saturated heterocycles. The number of nitrogens with two attached hydrogens (primary N) is 2. The molecule has 0 aliphatic carbocycles. The zero-order valence-corrected chi connectivity index (χ0v) is 8.05. The van der Waals surface area contributed by atoms with Crippen LogP contribution < -0.4 is 16.8 Å². The molecular weight excluding hydrogens is 234 g/mol. The third-order valence-corrected chi connectivity index (χ3v) is 1.58. The van der Waals surface area contributed by atoms with Gasteiger partial charge in [-0.3, -0.25) is 9.59 Å². The van der Waals surface area contributed by atoms with Crippen molar-refractivity contribution in [2.24, 2.45) is 11.5 Å². The minimum Gasteiger partial charge on any atom is -0.370 e. The van der Waals surface area contributed by atoms with Gasteiger partial charge in [0.1, 0.15) is 0 Å². The highest BCUT2D eigenvalue weighted by molar-refractivity contribution is 5.87. The molecule has 0 heterocycles. The maximum atomic E-state index is 12.3. The molecule has 0 fully saturated rings. The van der Waals surface area contributed by atoms with Gasteiger partial charge in [0.25, 0.3) is 0 Å². The minimum absolute atomic E-state index is 0.550. The van der Waals surface area contributed by atoms with Gasteiger partial charge in [0.05, 0.1) is 19.0 Å². The van der Waals surface area contributed by atoms with Gasteiger partial charge < -0.3 is 16.8 Å². The van der Waals surface area contributed by atoms with E-state index in [1.54, 1.807) is 0 Å². The van der Waals surface area contributed by atoms with Crippen LogP contribution in [0.15, 0.2) is 0 Å². The average Bonchev–Trinajstić information content (AvgIpc) is 2.12. The first kappa shape index (κ1) is 14.6. The van der Waals surface area contributed by atoms with E-state index in [-0.39, 0.29) is 0 Å². The smallest absolute Gasteiger partial charge is 0.324 e. The van der Waals surface area contributed by atoms with Gasteiger partial charge in [-0.2, -0.15) is 8.78 Å². The largest absolute Gasteiger partial charge is 0.370 e. The first-order chi connectivity index (χ1) is 7.16. The highest BCUT2D eigenvalue weighted by Gasteiger charge is 2.41. The predicted molar refractivity (Wildman–Crippen MR) is 45.7 cm³/mol. The van der Waals surface area contributed by atoms with Crippen LogP contribution in [0.2, 0.25) is 0 Å². The molecule has 2 amide bonds. The Labute approximate surface area is 88.1 Å². The summed E-state index contributed by atoms with van der Waals surface area (Å²) < 4.78 is 48.0. The fourth-order valence-corrected chi connectivity index (χ4v) is 0.723. The number of hydrogen-bond acceptors (Lipinski definition) is 3. The number of alkyl halides is 4. The summed E-state index contributed by atoms with van der Waals surface area (Å²) >= 11 is 0. The molecule has 0 aromatic carbocycles. The molecule has 5 nitrogen and oxygen atoms in total. The van der Waals surface area contributed by atoms with Crippen LogP contribution in [0.5, 0.6) is 0 Å². The molecule has 1 atom stereocenters. The molecular formula is C7H11F4N3O2. The van der Waals surface area contributed by atoms with Crippen LogP contribution in [0.3, 0.4) is 0 Å². The molecule has 0 spiro atoms. The van der Waals surface area contributed by atoms with Crippen molar-refractivity contribution in [2.45, 2.75) is 24.8 Å². The lowest BCUT2D eigenvalue weighted by Crippen LogP contribution is -2.48. The van der Waals surface area contributed by atoms with E-state index in [9.17, 15) is 27.2 Å². The molecule has 16 heavy (non-hydrogen) atoms. The number of hydrogen-bond donors (Lipinski definition) is 3. The molecule has 1 unspecified atom stereocenters. The number of amides is 2. The molecule has 0 bridgehead atoms. The third kappa shape index (κ3) is 4.91. The number of carbonyl (C=O) groups is 2. The zero-order chi connectivity index (χ0) is 12.9. The Balaban J connectivity index is 4.12. The molecule has 5 N–H and O–H groups in total. The molecule has 0 saturated carbocycles. The van der Waals surface area contributed by atoms with Gasteiger partial charge in [-0.25, -0.2) is 8.78 Å². The standard InChI is InChI=1S/C7H11F4N3O2/c8-6(9)7(10,11)2-14-5(16)3(12)1-4(13)15/h3,6H,1-2,12H2,(H2,13,15)(H,14,16). The van der Waals surface area contributed by atoms with Crippen molar-refractivity contribution < 1.29 is 27.2 Å². The summed E-state index contributed by atoms with van der Waals surface area (Å²) in [6.45, 7) is -1.55. The lowest BCUT2D eigenvalue weighted by Gasteiger charge is -2.17. The second-order valence-electron chi connectivity index (χ2n) is 3.06. The first-order valence-electron chi connectivity index (χ1n) is 4.14. The van der Waals surface area contributed by atoms with Gasteiger partial charge in [0.15, 0.2) is 0 Å². The van der Waals surface area contributed by atoms with E-state index < -0.39 is 43.2 Å². The fraction of sp³-hybridized carbons (Fsp3) is 0.714. The van der Waals surface area contributed by atoms with Crippen LogP contribution in [0.4, 0.5) is 17.6 Å². The molecule has 0 aliphatic heterocycles. The van der Waals surface area contributed by atoms with Crippen LogP contribution in [-0.2, 0) is 9.59 Å². The van der Waals surface area contributed by atoms with Crippen molar-refractivity contribution >= 4 is 11.8 Å². The molecule has 9 heteroatoms. The Hall–Kier alpha value is -1.38. The van der Waals surface area contributed by atoms with Crippen molar-refractivity contribution in [1.82, 2.24) is 5.32 Å². The maximum absolute atomic E-state index is 12.3. The second-order valence-corrected chi connectivity index (χ2v) is 3.06. The normalized spacial score (nSPS) is 13.6.